The van der Waals surface area contributed by atoms with E-state index in [9.17, 15) is 36.3 Å². The highest BCUT2D eigenvalue weighted by Gasteiger charge is 2.36. The number of ether oxygens (including phenoxy) is 1. The zero-order chi connectivity index (χ0) is 27.1. The summed E-state index contributed by atoms with van der Waals surface area (Å²) in [6.45, 7) is 0.888. The van der Waals surface area contributed by atoms with Crippen LogP contribution in [0, 0.1) is 11.6 Å². The second-order valence-electron chi connectivity index (χ2n) is 8.18. The third-order valence-corrected chi connectivity index (χ3v) is 5.75. The van der Waals surface area contributed by atoms with Gasteiger partial charge in [-0.3, -0.25) is 14.4 Å². The maximum Gasteiger partial charge on any atom is 0.416 e. The van der Waals surface area contributed by atoms with Crippen molar-refractivity contribution in [2.75, 3.05) is 11.9 Å². The van der Waals surface area contributed by atoms with Crippen LogP contribution in [0.1, 0.15) is 50.4 Å². The van der Waals surface area contributed by atoms with Crippen LogP contribution >= 0.6 is 11.6 Å². The van der Waals surface area contributed by atoms with Gasteiger partial charge in [-0.2, -0.15) is 13.2 Å². The molecule has 3 aromatic carbocycles. The lowest BCUT2D eigenvalue weighted by Gasteiger charge is -2.19. The number of amides is 2. The maximum atomic E-state index is 14.0. The van der Waals surface area contributed by atoms with E-state index in [1.54, 1.807) is 0 Å². The fourth-order valence-corrected chi connectivity index (χ4v) is 4.05. The molecule has 0 bridgehead atoms. The molecule has 12 heteroatoms. The normalized spacial score (nSPS) is 14.7. The van der Waals surface area contributed by atoms with E-state index in [1.165, 1.54) is 25.1 Å². The number of carbonyl (C=O) groups is 3. The van der Waals surface area contributed by atoms with Crippen LogP contribution in [0.2, 0.25) is 5.02 Å². The molecule has 0 saturated heterocycles. The Hall–Kier alpha value is -3.99. The topological polar surface area (TPSA) is 84.5 Å². The molecular formula is C25H16ClF5N2O4. The van der Waals surface area contributed by atoms with Gasteiger partial charge in [0.1, 0.15) is 24.0 Å². The third-order valence-electron chi connectivity index (χ3n) is 5.41. The number of anilines is 1. The van der Waals surface area contributed by atoms with Gasteiger partial charge in [-0.1, -0.05) is 11.6 Å². The standard InChI is InChI=1S/C25H16ClF5N2O4/c1-11(34)10-37-16-8-18-21(22(33-24(18)36)17-7-14(27)2-3-19(17)26)20(9-16)32-23(35)12-4-13(25(29,30)31)6-15(28)5-12/h2-9,22H,10H2,1H3,(H,32,35)(H,33,36). The molecule has 4 rings (SSSR count). The van der Waals surface area contributed by atoms with Crippen molar-refractivity contribution in [1.29, 1.82) is 0 Å². The number of Topliss-reactive ketones (excluding diaryl/α,β-unsaturated/α-hetero) is 1. The molecule has 0 radical (unpaired) electrons. The number of alkyl halides is 3. The summed E-state index contributed by atoms with van der Waals surface area (Å²) in [6.07, 6.45) is -4.91. The summed E-state index contributed by atoms with van der Waals surface area (Å²) >= 11 is 6.22. The number of fused-ring (bicyclic) bond motifs is 1. The Morgan fingerprint density at radius 1 is 1.05 bits per heavy atom. The summed E-state index contributed by atoms with van der Waals surface area (Å²) < 4.78 is 72.7. The van der Waals surface area contributed by atoms with Crippen LogP contribution in [-0.4, -0.2) is 24.2 Å². The Morgan fingerprint density at radius 2 is 1.78 bits per heavy atom. The van der Waals surface area contributed by atoms with Crippen LogP contribution < -0.4 is 15.4 Å². The van der Waals surface area contributed by atoms with Crippen LogP contribution in [-0.2, 0) is 11.0 Å². The average Bonchev–Trinajstić information content (AvgIpc) is 3.14. The number of ketones is 1. The highest BCUT2D eigenvalue weighted by molar-refractivity contribution is 6.31. The average molecular weight is 539 g/mol. The van der Waals surface area contributed by atoms with Gasteiger partial charge in [0.2, 0.25) is 0 Å². The van der Waals surface area contributed by atoms with Gasteiger partial charge in [0.15, 0.2) is 5.78 Å². The van der Waals surface area contributed by atoms with Crippen molar-refractivity contribution < 1.29 is 41.1 Å². The van der Waals surface area contributed by atoms with Gasteiger partial charge in [0.05, 0.1) is 22.9 Å². The lowest BCUT2D eigenvalue weighted by molar-refractivity contribution is -0.137. The smallest absolute Gasteiger partial charge is 0.416 e. The Morgan fingerprint density at radius 3 is 2.46 bits per heavy atom. The minimum absolute atomic E-state index is 0.0133. The van der Waals surface area contributed by atoms with E-state index in [4.69, 9.17) is 16.3 Å². The molecule has 0 saturated carbocycles. The first kappa shape index (κ1) is 26.1. The summed E-state index contributed by atoms with van der Waals surface area (Å²) in [4.78, 5) is 37.1. The number of hydrogen-bond donors (Lipinski definition) is 2. The van der Waals surface area contributed by atoms with Crippen LogP contribution in [0.25, 0.3) is 0 Å². The highest BCUT2D eigenvalue weighted by Crippen LogP contribution is 2.41. The second-order valence-corrected chi connectivity index (χ2v) is 8.58. The van der Waals surface area contributed by atoms with E-state index in [1.807, 2.05) is 0 Å². The summed E-state index contributed by atoms with van der Waals surface area (Å²) in [6, 6.07) is 6.26. The van der Waals surface area contributed by atoms with Crippen molar-refractivity contribution in [3.05, 3.63) is 93.0 Å². The Kier molecular flexibility index (Phi) is 6.92. The number of rotatable bonds is 6. The molecule has 0 aliphatic carbocycles. The quantitative estimate of drug-likeness (QED) is 0.395. The molecule has 0 spiro atoms. The maximum absolute atomic E-state index is 14.0. The minimum atomic E-state index is -4.91. The van der Waals surface area contributed by atoms with E-state index in [0.29, 0.717) is 12.1 Å². The van der Waals surface area contributed by atoms with Gasteiger partial charge in [-0.25, -0.2) is 8.78 Å². The zero-order valence-corrected chi connectivity index (χ0v) is 19.6. The molecule has 3 aromatic rings. The minimum Gasteiger partial charge on any atom is -0.486 e. The zero-order valence-electron chi connectivity index (χ0n) is 18.8. The van der Waals surface area contributed by atoms with Crippen molar-refractivity contribution >= 4 is 34.9 Å². The van der Waals surface area contributed by atoms with Crippen LogP contribution in [0.15, 0.2) is 48.5 Å². The molecule has 37 heavy (non-hydrogen) atoms. The van der Waals surface area contributed by atoms with Gasteiger partial charge >= 0.3 is 6.18 Å². The summed E-state index contributed by atoms with van der Waals surface area (Å²) in [5, 5.41) is 5.09. The first-order chi connectivity index (χ1) is 17.3. The van der Waals surface area contributed by atoms with Gasteiger partial charge < -0.3 is 15.4 Å². The fourth-order valence-electron chi connectivity index (χ4n) is 3.83. The summed E-state index contributed by atoms with van der Waals surface area (Å²) in [7, 11) is 0. The highest BCUT2D eigenvalue weighted by atomic mass is 35.5. The van der Waals surface area contributed by atoms with E-state index >= 15 is 0 Å². The van der Waals surface area contributed by atoms with Crippen molar-refractivity contribution in [3.63, 3.8) is 0 Å². The largest absolute Gasteiger partial charge is 0.486 e. The van der Waals surface area contributed by atoms with Crippen LogP contribution in [0.5, 0.6) is 5.75 Å². The predicted octanol–water partition coefficient (Wildman–Crippen LogP) is 5.69. The molecule has 1 unspecified atom stereocenters. The summed E-state index contributed by atoms with van der Waals surface area (Å²) in [5.74, 6) is -4.08. The van der Waals surface area contributed by atoms with Crippen molar-refractivity contribution in [1.82, 2.24) is 5.32 Å². The number of halogens is 6. The molecule has 0 aromatic heterocycles. The van der Waals surface area contributed by atoms with E-state index in [-0.39, 0.29) is 51.6 Å². The SMILES string of the molecule is CC(=O)COc1cc(NC(=O)c2cc(F)cc(C(F)(F)F)c2)c2c(c1)C(=O)NC2c1cc(F)ccc1Cl. The van der Waals surface area contributed by atoms with Crippen molar-refractivity contribution in [2.45, 2.75) is 19.1 Å². The van der Waals surface area contributed by atoms with E-state index in [0.717, 1.165) is 12.1 Å². The molecule has 1 aliphatic rings. The van der Waals surface area contributed by atoms with Crippen molar-refractivity contribution in [2.24, 2.45) is 0 Å². The fraction of sp³-hybridized carbons (Fsp3) is 0.160. The Balaban J connectivity index is 1.82. The third kappa shape index (κ3) is 5.56. The molecule has 6 nitrogen and oxygen atoms in total. The number of carbonyl (C=O) groups excluding carboxylic acids is 3. The second kappa shape index (κ2) is 9.81. The van der Waals surface area contributed by atoms with Gasteiger partial charge in [0, 0.05) is 27.8 Å². The first-order valence-corrected chi connectivity index (χ1v) is 11.0. The molecule has 1 aliphatic heterocycles. The van der Waals surface area contributed by atoms with Crippen LogP contribution in [0.3, 0.4) is 0 Å². The van der Waals surface area contributed by atoms with Gasteiger partial charge in [-0.15, -0.1) is 0 Å². The summed E-state index contributed by atoms with van der Waals surface area (Å²) in [5.41, 5.74) is -1.88. The van der Waals surface area contributed by atoms with E-state index < -0.39 is 46.8 Å². The molecular weight excluding hydrogens is 523 g/mol. The number of benzene rings is 3. The molecule has 0 fully saturated rings. The lowest BCUT2D eigenvalue weighted by atomic mass is 9.95. The monoisotopic (exact) mass is 538 g/mol. The number of nitrogens with one attached hydrogen (secondary N) is 2. The Bertz CT molecular complexity index is 1440. The Labute approximate surface area is 211 Å². The van der Waals surface area contributed by atoms with E-state index in [2.05, 4.69) is 10.6 Å². The predicted molar refractivity (Wildman–Crippen MR) is 123 cm³/mol. The van der Waals surface area contributed by atoms with Crippen molar-refractivity contribution in [3.8, 4) is 5.75 Å². The van der Waals surface area contributed by atoms with Gasteiger partial charge in [-0.05, 0) is 49.4 Å². The molecule has 192 valence electrons. The molecule has 2 N–H and O–H groups in total. The molecule has 2 amide bonds. The first-order valence-electron chi connectivity index (χ1n) is 10.6. The number of hydrogen-bond acceptors (Lipinski definition) is 4. The molecule has 1 atom stereocenters. The lowest BCUT2D eigenvalue weighted by Crippen LogP contribution is -2.21. The van der Waals surface area contributed by atoms with Crippen LogP contribution in [0.4, 0.5) is 27.6 Å². The van der Waals surface area contributed by atoms with Gasteiger partial charge in [0.25, 0.3) is 11.8 Å². The molecule has 1 heterocycles.